The first-order chi connectivity index (χ1) is 34.2. The predicted octanol–water partition coefficient (Wildman–Crippen LogP) is -0.195. The van der Waals surface area contributed by atoms with Gasteiger partial charge in [0.1, 0.15) is 36.7 Å². The van der Waals surface area contributed by atoms with E-state index in [4.69, 9.17) is 47.0 Å². The molecule has 72 heavy (non-hydrogen) atoms. The number of nitrogens with one attached hydrogen (secondary N) is 4. The van der Waals surface area contributed by atoms with Crippen LogP contribution in [0, 0.1) is 44.5 Å². The molecule has 0 bridgehead atoms. The minimum Gasteiger partial charge on any atom is -0.740 e. The van der Waals surface area contributed by atoms with Crippen molar-refractivity contribution in [3.8, 4) is 28.6 Å². The second kappa shape index (κ2) is 23.8. The second-order valence-corrected chi connectivity index (χ2v) is 17.7. The maximum Gasteiger partial charge on any atom is 0.343 e. The zero-order chi connectivity index (χ0) is 50.4. The fourth-order valence-electron chi connectivity index (χ4n) is 8.44. The minimum absolute atomic E-state index is 0. The zero-order valence-electron chi connectivity index (χ0n) is 39.5. The molecule has 0 saturated carbocycles. The van der Waals surface area contributed by atoms with Crippen LogP contribution in [-0.2, 0) is 82.7 Å². The molecule has 5 aromatic rings. The van der Waals surface area contributed by atoms with Gasteiger partial charge >= 0.3 is 5.97 Å². The van der Waals surface area contributed by atoms with E-state index in [1.807, 2.05) is 0 Å². The van der Waals surface area contributed by atoms with E-state index in [0.29, 0.717) is 75.7 Å². The zero-order valence-corrected chi connectivity index (χ0v) is 42.4. The van der Waals surface area contributed by atoms with Gasteiger partial charge in [-0.05, 0) is 55.8 Å². The normalized spacial score (nSPS) is 15.9. The summed E-state index contributed by atoms with van der Waals surface area (Å²) in [5.74, 6) is -2.65. The Morgan fingerprint density at radius 2 is 1.71 bits per heavy atom. The summed E-state index contributed by atoms with van der Waals surface area (Å²) in [6, 6.07) is 2.95. The summed E-state index contributed by atoms with van der Waals surface area (Å²) < 4.78 is 30.5. The van der Waals surface area contributed by atoms with Crippen molar-refractivity contribution in [2.24, 2.45) is 11.7 Å². The van der Waals surface area contributed by atoms with Gasteiger partial charge in [0, 0.05) is 72.9 Å². The van der Waals surface area contributed by atoms with Crippen molar-refractivity contribution in [3.63, 3.8) is 0 Å². The van der Waals surface area contributed by atoms with Crippen LogP contribution < -0.4 is 42.0 Å². The number of carbonyl (C=O) groups is 5. The van der Waals surface area contributed by atoms with E-state index in [-0.39, 0.29) is 127 Å². The smallest absolute Gasteiger partial charge is 0.343 e. The Morgan fingerprint density at radius 1 is 0.958 bits per heavy atom. The number of rotatable bonds is 22. The predicted molar refractivity (Wildman–Crippen MR) is 250 cm³/mol. The standard InChI is InChI=1S/C46H54N12O12S.Tb/c1-4-46(65)31-12-34-40-29(19-57(34)43(63)30(31)21-68-44(46)64)28(27-11-35-36(70-23-69-35)13-33(27)52-40)16-48-37(59)17-49-41(61)32(7-5-6-8-47)53-42(62)39(24(2)3)54-38(60)22-67-10-9-66-20-25-18-58(56-55-25)26-14-50-45(71)51-15-26;/h11-15,18,24,32,39,65H,4-10,16-17,19-23,47H2,1-3H3,(H,48,59)(H,49,61)(H,53,62)(H,54,60)(H,50,51,71);/p-1/t32-,39-,46-;/m0./s1. The maximum absolute atomic E-state index is 13.9. The summed E-state index contributed by atoms with van der Waals surface area (Å²) in [7, 11) is 0. The fraction of sp³-hybridized carbons (Fsp3) is 0.457. The van der Waals surface area contributed by atoms with Gasteiger partial charge in [0.15, 0.2) is 17.1 Å². The average molecular weight is 1160 g/mol. The molecule has 3 atom stereocenters. The molecule has 0 fully saturated rings. The quantitative estimate of drug-likeness (QED) is 0.0222. The maximum atomic E-state index is 13.9. The second-order valence-electron chi connectivity index (χ2n) is 17.4. The van der Waals surface area contributed by atoms with Gasteiger partial charge in [-0.25, -0.2) is 14.5 Å². The molecule has 7 N–H and O–H groups in total. The third-order valence-electron chi connectivity index (χ3n) is 12.3. The van der Waals surface area contributed by atoms with E-state index in [0.717, 1.165) is 0 Å². The van der Waals surface area contributed by atoms with Gasteiger partial charge in [0.05, 0.1) is 74.0 Å². The van der Waals surface area contributed by atoms with E-state index in [2.05, 4.69) is 41.5 Å². The van der Waals surface area contributed by atoms with E-state index < -0.39 is 59.4 Å². The van der Waals surface area contributed by atoms with Crippen molar-refractivity contribution < 1.29 is 91.4 Å². The van der Waals surface area contributed by atoms with E-state index in [1.54, 1.807) is 45.2 Å². The molecule has 4 aromatic heterocycles. The minimum atomic E-state index is -2.02. The Morgan fingerprint density at radius 3 is 2.44 bits per heavy atom. The van der Waals surface area contributed by atoms with Crippen LogP contribution in [0.4, 0.5) is 0 Å². The van der Waals surface area contributed by atoms with Crippen molar-refractivity contribution in [1.29, 1.82) is 0 Å². The third kappa shape index (κ3) is 11.8. The number of nitrogens with zero attached hydrogens (tertiary/aromatic N) is 7. The van der Waals surface area contributed by atoms with Crippen molar-refractivity contribution >= 4 is 53.1 Å². The number of amides is 4. The van der Waals surface area contributed by atoms with Crippen LogP contribution in [0.2, 0.25) is 0 Å². The molecular weight excluding hydrogens is 1100 g/mol. The van der Waals surface area contributed by atoms with Crippen LogP contribution in [0.25, 0.3) is 28.0 Å². The molecule has 0 spiro atoms. The van der Waals surface area contributed by atoms with E-state index >= 15 is 0 Å². The molecule has 0 aliphatic carbocycles. The summed E-state index contributed by atoms with van der Waals surface area (Å²) in [6.07, 6.45) is 5.94. The Hall–Kier alpha value is -5.90. The first kappa shape index (κ1) is 53.9. The fourth-order valence-corrected chi connectivity index (χ4v) is 8.55. The Labute approximate surface area is 448 Å². The molecule has 26 heteroatoms. The molecule has 7 heterocycles. The summed E-state index contributed by atoms with van der Waals surface area (Å²) in [6.45, 7) is 4.70. The average Bonchev–Trinajstić information content (AvgIpc) is 4.12. The van der Waals surface area contributed by atoms with Crippen molar-refractivity contribution in [2.45, 2.75) is 95.6 Å². The molecule has 8 rings (SSSR count). The van der Waals surface area contributed by atoms with Crippen LogP contribution in [0.5, 0.6) is 11.5 Å². The van der Waals surface area contributed by atoms with Gasteiger partial charge in [-0.15, -0.1) is 5.10 Å². The molecule has 385 valence electrons. The Kier molecular flexibility index (Phi) is 17.8. The summed E-state index contributed by atoms with van der Waals surface area (Å²) in [4.78, 5) is 93.3. The number of pyridine rings is 2. The van der Waals surface area contributed by atoms with Crippen LogP contribution in [0.1, 0.15) is 74.4 Å². The van der Waals surface area contributed by atoms with E-state index in [1.165, 1.54) is 21.6 Å². The molecule has 3 aliphatic rings. The number of aromatic nitrogens is 7. The monoisotopic (exact) mass is 1160 g/mol. The van der Waals surface area contributed by atoms with Gasteiger partial charge in [-0.3, -0.25) is 33.9 Å². The largest absolute Gasteiger partial charge is 0.740 e. The Bertz CT molecular complexity index is 2920. The first-order valence-electron chi connectivity index (χ1n) is 23.0. The third-order valence-corrected chi connectivity index (χ3v) is 12.5. The van der Waals surface area contributed by atoms with Crippen molar-refractivity contribution in [1.82, 2.24) is 55.8 Å². The molecule has 0 unspecified atom stereocenters. The molecule has 3 aliphatic heterocycles. The number of aliphatic hydroxyl groups is 1. The molecule has 24 nitrogen and oxygen atoms in total. The number of hydrogen-bond acceptors (Lipinski definition) is 19. The SMILES string of the molecule is CC[C@@]1(O)C(=O)OCc2c1cc1n(c2=O)Cc2c-1nc1cc3c(cc1c2CNC(=O)CNC(=O)[C@H](CCCCN)NC(=O)[C@@H](NC(=O)COCCOCc1cn(-c2cnc([S-])nc2)nn1)C(C)C)OCO3.[Tb]. The van der Waals surface area contributed by atoms with Gasteiger partial charge in [0.2, 0.25) is 30.4 Å². The van der Waals surface area contributed by atoms with Gasteiger partial charge in [-0.1, -0.05) is 26.0 Å². The number of ether oxygens (including phenoxy) is 5. The van der Waals surface area contributed by atoms with Gasteiger partial charge in [0.25, 0.3) is 5.56 Å². The number of fused-ring (bicyclic) bond motifs is 6. The number of cyclic esters (lactones) is 1. The molecule has 4 amide bonds. The number of esters is 1. The van der Waals surface area contributed by atoms with Gasteiger partial charge in [-0.2, -0.15) is 0 Å². The molecule has 1 aromatic carbocycles. The summed E-state index contributed by atoms with van der Waals surface area (Å²) in [5.41, 5.74) is 7.20. The van der Waals surface area contributed by atoms with Crippen LogP contribution in [0.15, 0.2) is 46.7 Å². The summed E-state index contributed by atoms with van der Waals surface area (Å²) in [5, 5.41) is 31.2. The van der Waals surface area contributed by atoms with E-state index in [9.17, 15) is 33.9 Å². The van der Waals surface area contributed by atoms with Crippen LogP contribution in [-0.4, -0.2) is 121 Å². The first-order valence-corrected chi connectivity index (χ1v) is 23.4. The molecule has 1 radical (unpaired) electrons. The van der Waals surface area contributed by atoms with Gasteiger partial charge < -0.3 is 73.0 Å². The number of unbranched alkanes of at least 4 members (excludes halogenated alkanes) is 1. The number of carbonyl (C=O) groups excluding carboxylic acids is 5. The molecule has 0 saturated heterocycles. The van der Waals surface area contributed by atoms with Crippen LogP contribution >= 0.6 is 0 Å². The molecular formula is C46H53N12O12STb-. The van der Waals surface area contributed by atoms with Crippen LogP contribution in [0.3, 0.4) is 0 Å². The number of benzene rings is 1. The van der Waals surface area contributed by atoms with Crippen molar-refractivity contribution in [3.05, 3.63) is 75.1 Å². The summed E-state index contributed by atoms with van der Waals surface area (Å²) >= 11 is 4.91. The van der Waals surface area contributed by atoms with Crippen molar-refractivity contribution in [2.75, 3.05) is 39.7 Å². The number of nitrogens with two attached hydrogens (primary N) is 1. The Balaban J connectivity index is 0.00000760. The number of hydrogen-bond donors (Lipinski definition) is 6. The topological polar surface area (TPSA) is 317 Å².